The third-order valence-corrected chi connectivity index (χ3v) is 5.33. The normalized spacial score (nSPS) is 14.2. The molecule has 6 nitrogen and oxygen atoms in total. The van der Waals surface area contributed by atoms with Crippen LogP contribution in [0, 0.1) is 17.2 Å². The summed E-state index contributed by atoms with van der Waals surface area (Å²) in [5, 5.41) is 12.2. The van der Waals surface area contributed by atoms with E-state index in [1.807, 2.05) is 47.4 Å². The molecule has 2 aromatic carbocycles. The zero-order valence-electron chi connectivity index (χ0n) is 16.9. The Morgan fingerprint density at radius 2 is 1.77 bits per heavy atom. The van der Waals surface area contributed by atoms with E-state index in [0.717, 1.165) is 37.2 Å². The van der Waals surface area contributed by atoms with Crippen molar-refractivity contribution < 1.29 is 4.79 Å². The molecule has 0 saturated carbocycles. The lowest BCUT2D eigenvalue weighted by Gasteiger charge is -2.30. The van der Waals surface area contributed by atoms with Gasteiger partial charge >= 0.3 is 0 Å². The molecule has 1 fully saturated rings. The molecular formula is C24H23N5O. The molecule has 0 aliphatic carbocycles. The molecule has 0 unspecified atom stereocenters. The number of nitriles is 1. The molecule has 1 aliphatic rings. The number of nitrogens with zero attached hydrogens (tertiary/aromatic N) is 4. The van der Waals surface area contributed by atoms with Gasteiger partial charge in [0, 0.05) is 30.4 Å². The highest BCUT2D eigenvalue weighted by atomic mass is 16.2. The molecule has 1 aromatic heterocycles. The number of carbonyl (C=O) groups excluding carboxylic acids is 1. The van der Waals surface area contributed by atoms with Crippen molar-refractivity contribution in [3.8, 4) is 17.5 Å². The summed E-state index contributed by atoms with van der Waals surface area (Å²) in [6.45, 7) is 3.73. The second-order valence-corrected chi connectivity index (χ2v) is 7.62. The summed E-state index contributed by atoms with van der Waals surface area (Å²) in [7, 11) is 0. The van der Waals surface area contributed by atoms with Gasteiger partial charge in [0.2, 0.25) is 0 Å². The van der Waals surface area contributed by atoms with Crippen LogP contribution in [-0.4, -0.2) is 33.9 Å². The van der Waals surface area contributed by atoms with Crippen LogP contribution in [0.15, 0.2) is 60.7 Å². The first-order chi connectivity index (χ1) is 14.6. The highest BCUT2D eigenvalue weighted by molar-refractivity contribution is 5.93. The van der Waals surface area contributed by atoms with Crippen LogP contribution in [-0.2, 0) is 0 Å². The van der Waals surface area contributed by atoms with Crippen LogP contribution in [0.5, 0.6) is 0 Å². The first-order valence-corrected chi connectivity index (χ1v) is 10.1. The number of likely N-dealkylation sites (tertiary alicyclic amines) is 1. The third kappa shape index (κ3) is 4.47. The minimum atomic E-state index is -0.0654. The molecule has 30 heavy (non-hydrogen) atoms. The Kier molecular flexibility index (Phi) is 5.71. The van der Waals surface area contributed by atoms with Crippen LogP contribution >= 0.6 is 0 Å². The van der Waals surface area contributed by atoms with Gasteiger partial charge in [-0.2, -0.15) is 5.26 Å². The lowest BCUT2D eigenvalue weighted by atomic mass is 9.99. The summed E-state index contributed by atoms with van der Waals surface area (Å²) < 4.78 is 0. The topological polar surface area (TPSA) is 81.9 Å². The Balaban J connectivity index is 1.67. The van der Waals surface area contributed by atoms with Gasteiger partial charge in [-0.25, -0.2) is 9.97 Å². The minimum Gasteiger partial charge on any atom is -0.340 e. The molecule has 1 aliphatic heterocycles. The average Bonchev–Trinajstić information content (AvgIpc) is 2.80. The van der Waals surface area contributed by atoms with E-state index in [0.29, 0.717) is 28.8 Å². The fourth-order valence-corrected chi connectivity index (χ4v) is 3.49. The molecule has 1 amide bonds. The number of hydrogen-bond donors (Lipinski definition) is 1. The fraction of sp³-hybridized carbons (Fsp3) is 0.250. The average molecular weight is 397 g/mol. The van der Waals surface area contributed by atoms with Crippen LogP contribution in [0.25, 0.3) is 11.4 Å². The largest absolute Gasteiger partial charge is 0.340 e. The van der Waals surface area contributed by atoms with E-state index >= 15 is 0 Å². The van der Waals surface area contributed by atoms with Gasteiger partial charge in [-0.1, -0.05) is 37.3 Å². The summed E-state index contributed by atoms with van der Waals surface area (Å²) >= 11 is 0. The fourth-order valence-electron chi connectivity index (χ4n) is 3.49. The molecule has 0 atom stereocenters. The van der Waals surface area contributed by atoms with Gasteiger partial charge in [0.25, 0.3) is 5.91 Å². The van der Waals surface area contributed by atoms with Gasteiger partial charge in [-0.15, -0.1) is 0 Å². The number of benzene rings is 2. The van der Waals surface area contributed by atoms with Gasteiger partial charge in [0.15, 0.2) is 5.82 Å². The second-order valence-electron chi connectivity index (χ2n) is 7.62. The van der Waals surface area contributed by atoms with Crippen LogP contribution in [0.2, 0.25) is 0 Å². The van der Waals surface area contributed by atoms with E-state index in [1.54, 1.807) is 18.2 Å². The Morgan fingerprint density at radius 1 is 1.07 bits per heavy atom. The predicted molar refractivity (Wildman–Crippen MR) is 116 cm³/mol. The quantitative estimate of drug-likeness (QED) is 0.694. The molecule has 2 heterocycles. The summed E-state index contributed by atoms with van der Waals surface area (Å²) in [5.74, 6) is 1.63. The highest BCUT2D eigenvalue weighted by Gasteiger charge is 2.23. The van der Waals surface area contributed by atoms with Crippen LogP contribution in [0.1, 0.15) is 35.8 Å². The van der Waals surface area contributed by atoms with Gasteiger partial charge in [0.05, 0.1) is 11.6 Å². The zero-order valence-corrected chi connectivity index (χ0v) is 16.9. The third-order valence-electron chi connectivity index (χ3n) is 5.33. The van der Waals surface area contributed by atoms with Crippen molar-refractivity contribution in [3.63, 3.8) is 0 Å². The Morgan fingerprint density at radius 3 is 2.43 bits per heavy atom. The van der Waals surface area contributed by atoms with Crippen LogP contribution in [0.3, 0.4) is 0 Å². The molecule has 1 saturated heterocycles. The van der Waals surface area contributed by atoms with Crippen molar-refractivity contribution in [1.82, 2.24) is 14.9 Å². The summed E-state index contributed by atoms with van der Waals surface area (Å²) in [6.07, 6.45) is 2.03. The summed E-state index contributed by atoms with van der Waals surface area (Å²) in [6, 6.07) is 20.6. The maximum atomic E-state index is 13.1. The first kappa shape index (κ1) is 19.6. The van der Waals surface area contributed by atoms with Crippen molar-refractivity contribution in [2.75, 3.05) is 18.4 Å². The van der Waals surface area contributed by atoms with Gasteiger partial charge in [-0.05, 0) is 43.0 Å². The first-order valence-electron chi connectivity index (χ1n) is 10.1. The van der Waals surface area contributed by atoms with E-state index in [9.17, 15) is 4.79 Å². The molecular weight excluding hydrogens is 374 g/mol. The zero-order chi connectivity index (χ0) is 20.9. The maximum Gasteiger partial charge on any atom is 0.272 e. The van der Waals surface area contributed by atoms with E-state index in [2.05, 4.69) is 28.3 Å². The number of piperidine rings is 1. The van der Waals surface area contributed by atoms with Crippen molar-refractivity contribution in [3.05, 3.63) is 71.9 Å². The number of rotatable bonds is 4. The number of nitrogens with one attached hydrogen (secondary N) is 1. The monoisotopic (exact) mass is 397 g/mol. The van der Waals surface area contributed by atoms with Crippen molar-refractivity contribution in [2.45, 2.75) is 19.8 Å². The maximum absolute atomic E-state index is 13.1. The van der Waals surface area contributed by atoms with E-state index in [-0.39, 0.29) is 5.91 Å². The number of amides is 1. The molecule has 150 valence electrons. The molecule has 0 spiro atoms. The van der Waals surface area contributed by atoms with Crippen molar-refractivity contribution >= 4 is 17.4 Å². The summed E-state index contributed by atoms with van der Waals surface area (Å²) in [5.41, 5.74) is 2.61. The Labute approximate surface area is 176 Å². The smallest absolute Gasteiger partial charge is 0.272 e. The molecule has 0 bridgehead atoms. The molecule has 4 rings (SSSR count). The Hall–Kier alpha value is -3.72. The SMILES string of the molecule is CC1CCN(C(=O)c2cc(Nc3ccc(C#N)cc3)nc(-c3ccccc3)n2)CC1. The molecule has 6 heteroatoms. The van der Waals surface area contributed by atoms with Crippen molar-refractivity contribution in [2.24, 2.45) is 5.92 Å². The number of aromatic nitrogens is 2. The Bertz CT molecular complexity index is 1070. The van der Waals surface area contributed by atoms with Gasteiger partial charge in [-0.3, -0.25) is 4.79 Å². The van der Waals surface area contributed by atoms with E-state index in [1.165, 1.54) is 0 Å². The lowest BCUT2D eigenvalue weighted by Crippen LogP contribution is -2.38. The van der Waals surface area contributed by atoms with Gasteiger partial charge in [0.1, 0.15) is 11.5 Å². The molecule has 0 radical (unpaired) electrons. The van der Waals surface area contributed by atoms with Gasteiger partial charge < -0.3 is 10.2 Å². The molecule has 1 N–H and O–H groups in total. The standard InChI is InChI=1S/C24H23N5O/c1-17-11-13-29(14-12-17)24(30)21-15-22(26-20-9-7-18(16-25)8-10-20)28-23(27-21)19-5-3-2-4-6-19/h2-10,15,17H,11-14H2,1H3,(H,26,27,28). The number of hydrogen-bond acceptors (Lipinski definition) is 5. The minimum absolute atomic E-state index is 0.0654. The van der Waals surface area contributed by atoms with E-state index < -0.39 is 0 Å². The highest BCUT2D eigenvalue weighted by Crippen LogP contribution is 2.23. The van der Waals surface area contributed by atoms with Crippen molar-refractivity contribution in [1.29, 1.82) is 5.26 Å². The lowest BCUT2D eigenvalue weighted by molar-refractivity contribution is 0.0691. The number of anilines is 2. The number of carbonyl (C=O) groups is 1. The van der Waals surface area contributed by atoms with Crippen LogP contribution < -0.4 is 5.32 Å². The van der Waals surface area contributed by atoms with Crippen LogP contribution in [0.4, 0.5) is 11.5 Å². The van der Waals surface area contributed by atoms with E-state index in [4.69, 9.17) is 5.26 Å². The summed E-state index contributed by atoms with van der Waals surface area (Å²) in [4.78, 5) is 24.2. The predicted octanol–water partition coefficient (Wildman–Crippen LogP) is 4.63. The molecule has 3 aromatic rings. The second kappa shape index (κ2) is 8.75.